The molecule has 1 amide bonds. The fraction of sp³-hybridized carbons (Fsp3) is 0.533. The Morgan fingerprint density at radius 2 is 2.10 bits per heavy atom. The highest BCUT2D eigenvalue weighted by Crippen LogP contribution is 2.29. The lowest BCUT2D eigenvalue weighted by molar-refractivity contribution is -0.116. The summed E-state index contributed by atoms with van der Waals surface area (Å²) >= 11 is 0. The summed E-state index contributed by atoms with van der Waals surface area (Å²) < 4.78 is 5.06. The van der Waals surface area contributed by atoms with Gasteiger partial charge in [-0.25, -0.2) is 0 Å². The van der Waals surface area contributed by atoms with E-state index < -0.39 is 0 Å². The molecule has 1 aromatic rings. The number of carbonyl (C=O) groups is 1. The van der Waals surface area contributed by atoms with Crippen molar-refractivity contribution in [1.29, 1.82) is 0 Å². The molecule has 0 aliphatic rings. The van der Waals surface area contributed by atoms with Crippen LogP contribution in [-0.2, 0) is 4.79 Å². The highest BCUT2D eigenvalue weighted by Gasteiger charge is 2.18. The minimum absolute atomic E-state index is 0.0281. The molecule has 0 aromatic heterocycles. The van der Waals surface area contributed by atoms with Gasteiger partial charge in [0.05, 0.1) is 12.8 Å². The van der Waals surface area contributed by atoms with Crippen LogP contribution in [0.15, 0.2) is 18.2 Å². The largest absolute Gasteiger partial charge is 0.506 e. The van der Waals surface area contributed by atoms with Crippen molar-refractivity contribution in [2.75, 3.05) is 19.0 Å². The lowest BCUT2D eigenvalue weighted by atomic mass is 9.84. The van der Waals surface area contributed by atoms with Gasteiger partial charge < -0.3 is 20.9 Å². The van der Waals surface area contributed by atoms with Crippen LogP contribution in [-0.4, -0.2) is 24.7 Å². The summed E-state index contributed by atoms with van der Waals surface area (Å²) in [4.78, 5) is 11.9. The van der Waals surface area contributed by atoms with Gasteiger partial charge in [-0.3, -0.25) is 4.79 Å². The summed E-state index contributed by atoms with van der Waals surface area (Å²) in [5, 5.41) is 12.4. The van der Waals surface area contributed by atoms with Crippen LogP contribution in [0.25, 0.3) is 0 Å². The predicted molar refractivity (Wildman–Crippen MR) is 80.0 cm³/mol. The lowest BCUT2D eigenvalue weighted by Gasteiger charge is -2.23. The number of hydrogen-bond donors (Lipinski definition) is 3. The number of amides is 1. The molecule has 0 heterocycles. The summed E-state index contributed by atoms with van der Waals surface area (Å²) in [6.07, 6.45) is 2.02. The monoisotopic (exact) mass is 280 g/mol. The van der Waals surface area contributed by atoms with Crippen LogP contribution in [0.5, 0.6) is 11.5 Å². The van der Waals surface area contributed by atoms with E-state index in [1.807, 2.05) is 0 Å². The van der Waals surface area contributed by atoms with Gasteiger partial charge in [0.1, 0.15) is 11.5 Å². The smallest absolute Gasteiger partial charge is 0.224 e. The molecule has 0 spiro atoms. The molecule has 4 N–H and O–H groups in total. The third kappa shape index (κ3) is 5.09. The fourth-order valence-corrected chi connectivity index (χ4v) is 1.92. The lowest BCUT2D eigenvalue weighted by Crippen LogP contribution is -2.20. The molecule has 20 heavy (non-hydrogen) atoms. The number of rotatable bonds is 7. The SMILES string of the molecule is COc1ccc(O)c(NC(=O)CCC(C)(C)CCN)c1. The average molecular weight is 280 g/mol. The van der Waals surface area contributed by atoms with Crippen molar-refractivity contribution in [3.63, 3.8) is 0 Å². The molecular weight excluding hydrogens is 256 g/mol. The zero-order valence-corrected chi connectivity index (χ0v) is 12.4. The van der Waals surface area contributed by atoms with Gasteiger partial charge >= 0.3 is 0 Å². The van der Waals surface area contributed by atoms with Crippen LogP contribution in [0.1, 0.15) is 33.1 Å². The first-order chi connectivity index (χ1) is 9.38. The third-order valence-corrected chi connectivity index (χ3v) is 3.33. The van der Waals surface area contributed by atoms with Crippen molar-refractivity contribution >= 4 is 11.6 Å². The van der Waals surface area contributed by atoms with E-state index in [4.69, 9.17) is 10.5 Å². The van der Waals surface area contributed by atoms with Gasteiger partial charge in [0.25, 0.3) is 0 Å². The summed E-state index contributed by atoms with van der Waals surface area (Å²) in [5.41, 5.74) is 5.96. The number of phenols is 1. The van der Waals surface area contributed by atoms with E-state index in [1.54, 1.807) is 12.1 Å². The standard InChI is InChI=1S/C15H24N2O3/c1-15(2,8-9-16)7-6-14(19)17-12-10-11(20-3)4-5-13(12)18/h4-5,10,18H,6-9,16H2,1-3H3,(H,17,19). The zero-order valence-electron chi connectivity index (χ0n) is 12.4. The summed E-state index contributed by atoms with van der Waals surface area (Å²) in [6, 6.07) is 4.72. The van der Waals surface area contributed by atoms with Crippen LogP contribution in [0, 0.1) is 5.41 Å². The highest BCUT2D eigenvalue weighted by molar-refractivity contribution is 5.92. The van der Waals surface area contributed by atoms with E-state index in [0.717, 1.165) is 12.8 Å². The Morgan fingerprint density at radius 3 is 2.70 bits per heavy atom. The van der Waals surface area contributed by atoms with Gasteiger partial charge in [0.2, 0.25) is 5.91 Å². The number of benzene rings is 1. The van der Waals surface area contributed by atoms with E-state index in [9.17, 15) is 9.90 Å². The Labute approximate surface area is 120 Å². The third-order valence-electron chi connectivity index (χ3n) is 3.33. The Bertz CT molecular complexity index is 458. The van der Waals surface area contributed by atoms with Crippen molar-refractivity contribution < 1.29 is 14.6 Å². The van der Waals surface area contributed by atoms with Crippen LogP contribution in [0.2, 0.25) is 0 Å². The maximum Gasteiger partial charge on any atom is 0.224 e. The van der Waals surface area contributed by atoms with Crippen molar-refractivity contribution in [3.8, 4) is 11.5 Å². The molecule has 0 atom stereocenters. The molecule has 0 aliphatic carbocycles. The van der Waals surface area contributed by atoms with Crippen LogP contribution >= 0.6 is 0 Å². The maximum atomic E-state index is 11.9. The number of hydrogen-bond acceptors (Lipinski definition) is 4. The number of nitrogens with one attached hydrogen (secondary N) is 1. The molecule has 112 valence electrons. The van der Waals surface area contributed by atoms with Gasteiger partial charge in [-0.1, -0.05) is 13.8 Å². The first kappa shape index (κ1) is 16.3. The summed E-state index contributed by atoms with van der Waals surface area (Å²) in [7, 11) is 1.54. The second-order valence-electron chi connectivity index (χ2n) is 5.63. The number of carbonyl (C=O) groups excluding carboxylic acids is 1. The van der Waals surface area contributed by atoms with Crippen LogP contribution in [0.3, 0.4) is 0 Å². The Hall–Kier alpha value is -1.75. The number of nitrogens with two attached hydrogens (primary N) is 1. The number of phenolic OH excluding ortho intramolecular Hbond substituents is 1. The zero-order chi connectivity index (χ0) is 15.2. The number of methoxy groups -OCH3 is 1. The van der Waals surface area contributed by atoms with Crippen molar-refractivity contribution in [2.45, 2.75) is 33.1 Å². The number of aromatic hydroxyl groups is 1. The Kier molecular flexibility index (Phi) is 5.82. The Balaban J connectivity index is 2.58. The minimum Gasteiger partial charge on any atom is -0.506 e. The minimum atomic E-state index is -0.126. The summed E-state index contributed by atoms with van der Waals surface area (Å²) in [6.45, 7) is 4.80. The van der Waals surface area contributed by atoms with E-state index in [-0.39, 0.29) is 17.1 Å². The number of ether oxygens (including phenoxy) is 1. The molecule has 5 heteroatoms. The normalized spacial score (nSPS) is 11.2. The van der Waals surface area contributed by atoms with Gasteiger partial charge in [-0.2, -0.15) is 0 Å². The molecular formula is C15H24N2O3. The quantitative estimate of drug-likeness (QED) is 0.670. The van der Waals surface area contributed by atoms with Crippen molar-refractivity contribution in [2.24, 2.45) is 11.1 Å². The average Bonchev–Trinajstić information content (AvgIpc) is 2.39. The van der Waals surface area contributed by atoms with Crippen LogP contribution in [0.4, 0.5) is 5.69 Å². The van der Waals surface area contributed by atoms with E-state index >= 15 is 0 Å². The molecule has 0 radical (unpaired) electrons. The maximum absolute atomic E-state index is 11.9. The molecule has 1 aromatic carbocycles. The highest BCUT2D eigenvalue weighted by atomic mass is 16.5. The van der Waals surface area contributed by atoms with Gasteiger partial charge in [0.15, 0.2) is 0 Å². The fourth-order valence-electron chi connectivity index (χ4n) is 1.92. The molecule has 0 fully saturated rings. The topological polar surface area (TPSA) is 84.6 Å². The summed E-state index contributed by atoms with van der Waals surface area (Å²) in [5.74, 6) is 0.487. The molecule has 0 aliphatic heterocycles. The second kappa shape index (κ2) is 7.14. The van der Waals surface area contributed by atoms with Gasteiger partial charge in [-0.05, 0) is 36.9 Å². The first-order valence-electron chi connectivity index (χ1n) is 6.75. The van der Waals surface area contributed by atoms with Crippen molar-refractivity contribution in [1.82, 2.24) is 0 Å². The van der Waals surface area contributed by atoms with Gasteiger partial charge in [0, 0.05) is 12.5 Å². The number of anilines is 1. The van der Waals surface area contributed by atoms with E-state index in [0.29, 0.717) is 24.4 Å². The van der Waals surface area contributed by atoms with E-state index in [2.05, 4.69) is 19.2 Å². The first-order valence-corrected chi connectivity index (χ1v) is 6.75. The molecule has 0 saturated carbocycles. The van der Waals surface area contributed by atoms with Crippen LogP contribution < -0.4 is 15.8 Å². The second-order valence-corrected chi connectivity index (χ2v) is 5.63. The molecule has 0 saturated heterocycles. The molecule has 0 bridgehead atoms. The molecule has 5 nitrogen and oxygen atoms in total. The Morgan fingerprint density at radius 1 is 1.40 bits per heavy atom. The van der Waals surface area contributed by atoms with Gasteiger partial charge in [-0.15, -0.1) is 0 Å². The van der Waals surface area contributed by atoms with E-state index in [1.165, 1.54) is 13.2 Å². The molecule has 0 unspecified atom stereocenters. The molecule has 1 rings (SSSR count). The van der Waals surface area contributed by atoms with Crippen molar-refractivity contribution in [3.05, 3.63) is 18.2 Å². The predicted octanol–water partition coefficient (Wildman–Crippen LogP) is 2.49.